The smallest absolute Gasteiger partial charge is 0.0645 e. The maximum Gasteiger partial charge on any atom is 0.0645 e. The molecule has 0 unspecified atom stereocenters. The molecular formula is C70H45Br2N7. The van der Waals surface area contributed by atoms with Gasteiger partial charge in [-0.05, 0) is 133 Å². The number of benzene rings is 10. The Morgan fingerprint density at radius 3 is 0.924 bits per heavy atom. The van der Waals surface area contributed by atoms with Crippen LogP contribution < -0.4 is 0 Å². The first kappa shape index (κ1) is 46.7. The fourth-order valence-electron chi connectivity index (χ4n) is 12.0. The summed E-state index contributed by atoms with van der Waals surface area (Å²) in [7, 11) is 0. The Labute approximate surface area is 470 Å². The van der Waals surface area contributed by atoms with Crippen molar-refractivity contribution in [3.8, 4) is 22.7 Å². The van der Waals surface area contributed by atoms with Crippen LogP contribution in [0.25, 0.3) is 132 Å². The molecule has 1 N–H and O–H groups in total. The molecule has 0 bridgehead atoms. The highest BCUT2D eigenvalue weighted by Crippen LogP contribution is 2.40. The molecule has 0 saturated carbocycles. The number of hydrogen-bond acceptors (Lipinski definition) is 2. The molecule has 0 atom stereocenters. The zero-order valence-corrected chi connectivity index (χ0v) is 45.5. The molecule has 9 heteroatoms. The van der Waals surface area contributed by atoms with Crippen molar-refractivity contribution >= 4 is 141 Å². The summed E-state index contributed by atoms with van der Waals surface area (Å²) < 4.78 is 11.5. The van der Waals surface area contributed by atoms with E-state index in [4.69, 9.17) is 0 Å². The van der Waals surface area contributed by atoms with Gasteiger partial charge in [-0.2, -0.15) is 0 Å². The minimum Gasteiger partial charge on any atom is -0.355 e. The number of pyridine rings is 2. The molecule has 17 rings (SSSR count). The molecule has 7 heterocycles. The fraction of sp³-hybridized carbons (Fsp3) is 0. The summed E-state index contributed by atoms with van der Waals surface area (Å²) in [5.74, 6) is 0. The molecule has 0 fully saturated rings. The van der Waals surface area contributed by atoms with Crippen LogP contribution in [-0.2, 0) is 0 Å². The zero-order valence-electron chi connectivity index (χ0n) is 42.3. The van der Waals surface area contributed by atoms with E-state index in [1.54, 1.807) is 6.20 Å². The minimum atomic E-state index is 1.05. The highest BCUT2D eigenvalue weighted by atomic mass is 79.9. The van der Waals surface area contributed by atoms with E-state index in [0.717, 1.165) is 42.7 Å². The highest BCUT2D eigenvalue weighted by Gasteiger charge is 2.19. The number of hydrogen-bond donors (Lipinski definition) is 1. The van der Waals surface area contributed by atoms with Crippen molar-refractivity contribution in [2.24, 2.45) is 0 Å². The minimum absolute atomic E-state index is 1.05. The molecule has 17 aromatic rings. The van der Waals surface area contributed by atoms with Gasteiger partial charge in [0.15, 0.2) is 0 Å². The van der Waals surface area contributed by atoms with E-state index in [2.05, 4.69) is 296 Å². The molecule has 79 heavy (non-hydrogen) atoms. The maximum atomic E-state index is 4.48. The summed E-state index contributed by atoms with van der Waals surface area (Å²) >= 11 is 7.14. The third-order valence-electron chi connectivity index (χ3n) is 15.3. The van der Waals surface area contributed by atoms with Gasteiger partial charge in [0.25, 0.3) is 0 Å². The first-order chi connectivity index (χ1) is 39.0. The van der Waals surface area contributed by atoms with Crippen LogP contribution >= 0.6 is 31.9 Å². The van der Waals surface area contributed by atoms with E-state index in [9.17, 15) is 0 Å². The lowest BCUT2D eigenvalue weighted by atomic mass is 10.1. The van der Waals surface area contributed by atoms with Crippen LogP contribution in [0.15, 0.2) is 276 Å². The van der Waals surface area contributed by atoms with Crippen molar-refractivity contribution in [2.45, 2.75) is 0 Å². The molecule has 0 aliphatic heterocycles. The first-order valence-electron chi connectivity index (χ1n) is 26.2. The summed E-state index contributed by atoms with van der Waals surface area (Å²) in [5.41, 5.74) is 16.3. The number of nitrogens with one attached hydrogen (secondary N) is 1. The summed E-state index contributed by atoms with van der Waals surface area (Å²) in [6.07, 6.45) is 7.46. The molecule has 7 nitrogen and oxygen atoms in total. The second-order valence-corrected chi connectivity index (χ2v) is 21.6. The summed E-state index contributed by atoms with van der Waals surface area (Å²) in [6, 6.07) is 86.2. The monoisotopic (exact) mass is 1140 g/mol. The quantitative estimate of drug-likeness (QED) is 0.191. The van der Waals surface area contributed by atoms with Crippen LogP contribution in [-0.4, -0.2) is 33.2 Å². The van der Waals surface area contributed by atoms with Gasteiger partial charge in [-0.3, -0.25) is 9.97 Å². The van der Waals surface area contributed by atoms with Crippen molar-refractivity contribution in [3.63, 3.8) is 0 Å². The molecule has 0 radical (unpaired) electrons. The van der Waals surface area contributed by atoms with Crippen molar-refractivity contribution in [2.75, 3.05) is 0 Å². The molecule has 7 aromatic heterocycles. The Morgan fingerprint density at radius 1 is 0.253 bits per heavy atom. The molecule has 0 aliphatic carbocycles. The third-order valence-corrected chi connectivity index (χ3v) is 16.3. The van der Waals surface area contributed by atoms with Crippen LogP contribution in [0, 0.1) is 0 Å². The van der Waals surface area contributed by atoms with Crippen molar-refractivity contribution in [1.29, 1.82) is 0 Å². The van der Waals surface area contributed by atoms with E-state index in [0.29, 0.717) is 0 Å². The number of para-hydroxylation sites is 6. The average molecular weight is 1140 g/mol. The van der Waals surface area contributed by atoms with Gasteiger partial charge in [-0.25, -0.2) is 0 Å². The topological polar surface area (TPSA) is 61.3 Å². The van der Waals surface area contributed by atoms with E-state index >= 15 is 0 Å². The van der Waals surface area contributed by atoms with Crippen molar-refractivity contribution in [3.05, 3.63) is 276 Å². The van der Waals surface area contributed by atoms with E-state index < -0.39 is 0 Å². The fourth-order valence-corrected chi connectivity index (χ4v) is 12.7. The Bertz CT molecular complexity index is 4790. The van der Waals surface area contributed by atoms with Gasteiger partial charge < -0.3 is 23.3 Å². The third kappa shape index (κ3) is 7.83. The molecular weight excluding hydrogens is 1100 g/mol. The number of rotatable bonds is 4. The number of aromatic amines is 1. The Balaban J connectivity index is 0.000000130. The van der Waals surface area contributed by atoms with Gasteiger partial charge in [0, 0.05) is 97.6 Å². The summed E-state index contributed by atoms with van der Waals surface area (Å²) in [6.45, 7) is 0. The van der Waals surface area contributed by atoms with Gasteiger partial charge in [0.2, 0.25) is 0 Å². The van der Waals surface area contributed by atoms with Gasteiger partial charge in [0.1, 0.15) is 0 Å². The van der Waals surface area contributed by atoms with Crippen LogP contribution in [0.3, 0.4) is 0 Å². The highest BCUT2D eigenvalue weighted by molar-refractivity contribution is 9.10. The number of nitrogens with zero attached hydrogens (tertiary/aromatic N) is 6. The van der Waals surface area contributed by atoms with Gasteiger partial charge >= 0.3 is 0 Å². The zero-order chi connectivity index (χ0) is 52.6. The first-order valence-corrected chi connectivity index (χ1v) is 27.8. The molecule has 0 spiro atoms. The molecule has 374 valence electrons. The SMILES string of the molecule is Brc1ccc2c(c1)c1cc(Br)ccc1n2-c1cccnc1.c1ccc2c(c1)[nH]c1ccccc12.c1cncc(-n2c3ccc(-n4c5ccccc5c5ccccc54)cc3c3cc(-n4c5ccccc5c5ccccc54)ccc32)c1. The average Bonchev–Trinajstić information content (AvgIpc) is 4.41. The van der Waals surface area contributed by atoms with Crippen LogP contribution in [0.5, 0.6) is 0 Å². The van der Waals surface area contributed by atoms with Crippen molar-refractivity contribution < 1.29 is 0 Å². The Morgan fingerprint density at radius 2 is 0.557 bits per heavy atom. The van der Waals surface area contributed by atoms with Crippen LogP contribution in [0.1, 0.15) is 0 Å². The largest absolute Gasteiger partial charge is 0.355 e. The lowest BCUT2D eigenvalue weighted by molar-refractivity contribution is 1.13. The standard InChI is InChI=1S/C41H26N4.C17H10Br2N2.C12H9N/c1-5-15-36-30(11-1)31-12-2-6-16-37(31)43(36)27-19-21-40-34(24-27)35-25-28(20-22-41(35)45(40)29-10-9-23-42-26-29)44-38-17-7-3-13-32(38)33-14-4-8-18-39(33)44;18-11-3-5-16-14(8-11)15-9-12(19)4-6-17(15)21(16)13-2-1-7-20-10-13;1-3-7-11-9(5-1)10-6-2-4-8-12(10)13-11/h1-26H;1-10H;1-8,13H. The second kappa shape index (κ2) is 19.2. The molecule has 0 amide bonds. The number of fused-ring (bicyclic) bond motifs is 15. The number of aromatic nitrogens is 7. The second-order valence-electron chi connectivity index (χ2n) is 19.8. The van der Waals surface area contributed by atoms with Crippen LogP contribution in [0.2, 0.25) is 0 Å². The Kier molecular flexibility index (Phi) is 11.3. The van der Waals surface area contributed by atoms with E-state index in [1.165, 1.54) is 98.0 Å². The predicted octanol–water partition coefficient (Wildman–Crippen LogP) is 19.4. The number of halogens is 2. The lowest BCUT2D eigenvalue weighted by Crippen LogP contribution is -1.96. The Hall–Kier alpha value is -9.54. The predicted molar refractivity (Wildman–Crippen MR) is 337 cm³/mol. The van der Waals surface area contributed by atoms with Crippen molar-refractivity contribution in [1.82, 2.24) is 33.2 Å². The number of H-pyrrole nitrogens is 1. The molecule has 10 aromatic carbocycles. The molecule has 0 aliphatic rings. The lowest BCUT2D eigenvalue weighted by Gasteiger charge is -2.10. The molecule has 0 saturated heterocycles. The maximum absolute atomic E-state index is 4.48. The van der Waals surface area contributed by atoms with E-state index in [1.807, 2.05) is 30.7 Å². The van der Waals surface area contributed by atoms with Gasteiger partial charge in [-0.1, -0.05) is 141 Å². The van der Waals surface area contributed by atoms with E-state index in [-0.39, 0.29) is 0 Å². The van der Waals surface area contributed by atoms with Gasteiger partial charge in [0.05, 0.1) is 67.9 Å². The van der Waals surface area contributed by atoms with Crippen LogP contribution in [0.4, 0.5) is 0 Å². The summed E-state index contributed by atoms with van der Waals surface area (Å²) in [4.78, 5) is 12.1. The van der Waals surface area contributed by atoms with Gasteiger partial charge in [-0.15, -0.1) is 0 Å². The normalized spacial score (nSPS) is 11.7. The summed E-state index contributed by atoms with van der Waals surface area (Å²) in [5, 5.41) is 12.5.